The van der Waals surface area contributed by atoms with Crippen LogP contribution in [0.5, 0.6) is 11.5 Å². The summed E-state index contributed by atoms with van der Waals surface area (Å²) >= 11 is 1.46. The van der Waals surface area contributed by atoms with Gasteiger partial charge in [-0.25, -0.2) is 0 Å². The molecule has 1 amide bonds. The summed E-state index contributed by atoms with van der Waals surface area (Å²) in [6, 6.07) is 8.20. The van der Waals surface area contributed by atoms with E-state index in [0.717, 1.165) is 17.8 Å². The Kier molecular flexibility index (Phi) is 5.78. The first kappa shape index (κ1) is 20.4. The standard InChI is InChI=1S/C22H24N2O5S/c1-23(2)8-4-9-24-19(17-5-3-12-30-17)18(21(26)22(24)27)20(25)14-6-7-15-16(13-14)29-11-10-28-15/h3,5-7,12-13,19,25H,4,8-11H2,1-2H3/b20-18+/t19-/m1/s1. The molecule has 1 aromatic heterocycles. The van der Waals surface area contributed by atoms with Gasteiger partial charge in [-0.15, -0.1) is 11.3 Å². The van der Waals surface area contributed by atoms with Crippen LogP contribution in [0.15, 0.2) is 41.3 Å². The number of rotatable bonds is 6. The maximum absolute atomic E-state index is 13.0. The first-order chi connectivity index (χ1) is 14.5. The molecule has 158 valence electrons. The molecule has 0 radical (unpaired) electrons. The Morgan fingerprint density at radius 2 is 1.97 bits per heavy atom. The minimum atomic E-state index is -0.661. The van der Waals surface area contributed by atoms with E-state index < -0.39 is 17.7 Å². The Morgan fingerprint density at radius 1 is 1.20 bits per heavy atom. The highest BCUT2D eigenvalue weighted by atomic mass is 32.1. The number of ketones is 1. The third-order valence-corrected chi connectivity index (χ3v) is 6.10. The van der Waals surface area contributed by atoms with Crippen molar-refractivity contribution in [3.63, 3.8) is 0 Å². The molecular weight excluding hydrogens is 404 g/mol. The second-order valence-electron chi connectivity index (χ2n) is 7.52. The van der Waals surface area contributed by atoms with E-state index in [2.05, 4.69) is 0 Å². The maximum atomic E-state index is 13.0. The normalized spacial score (nSPS) is 20.2. The molecule has 7 nitrogen and oxygen atoms in total. The van der Waals surface area contributed by atoms with Crippen LogP contribution in [-0.2, 0) is 9.59 Å². The van der Waals surface area contributed by atoms with Crippen LogP contribution in [-0.4, -0.2) is 67.0 Å². The molecule has 0 unspecified atom stereocenters. The molecule has 0 aliphatic carbocycles. The predicted molar refractivity (Wildman–Crippen MR) is 114 cm³/mol. The highest BCUT2D eigenvalue weighted by molar-refractivity contribution is 7.10. The highest BCUT2D eigenvalue weighted by Gasteiger charge is 2.46. The van der Waals surface area contributed by atoms with Gasteiger partial charge in [-0.1, -0.05) is 6.07 Å². The molecule has 8 heteroatoms. The van der Waals surface area contributed by atoms with Crippen LogP contribution in [0.1, 0.15) is 22.9 Å². The topological polar surface area (TPSA) is 79.3 Å². The molecule has 1 aromatic carbocycles. The summed E-state index contributed by atoms with van der Waals surface area (Å²) < 4.78 is 11.1. The van der Waals surface area contributed by atoms with Crippen LogP contribution in [0, 0.1) is 0 Å². The minimum Gasteiger partial charge on any atom is -0.507 e. The van der Waals surface area contributed by atoms with Crippen molar-refractivity contribution in [2.24, 2.45) is 0 Å². The Bertz CT molecular complexity index is 983. The van der Waals surface area contributed by atoms with Crippen molar-refractivity contribution in [2.75, 3.05) is 40.4 Å². The lowest BCUT2D eigenvalue weighted by atomic mass is 9.99. The smallest absolute Gasteiger partial charge is 0.295 e. The first-order valence-corrected chi connectivity index (χ1v) is 10.7. The summed E-state index contributed by atoms with van der Waals surface area (Å²) in [7, 11) is 3.93. The number of ether oxygens (including phenoxy) is 2. The molecule has 0 saturated carbocycles. The third-order valence-electron chi connectivity index (χ3n) is 5.17. The second-order valence-corrected chi connectivity index (χ2v) is 8.50. The average molecular weight is 429 g/mol. The van der Waals surface area contributed by atoms with Crippen LogP contribution in [0.3, 0.4) is 0 Å². The van der Waals surface area contributed by atoms with Gasteiger partial charge in [-0.2, -0.15) is 0 Å². The number of likely N-dealkylation sites (tertiary alicyclic amines) is 1. The average Bonchev–Trinajstić information content (AvgIpc) is 3.35. The van der Waals surface area contributed by atoms with Gasteiger partial charge in [-0.05, 0) is 56.7 Å². The van der Waals surface area contributed by atoms with Crippen molar-refractivity contribution >= 4 is 28.8 Å². The summed E-state index contributed by atoms with van der Waals surface area (Å²) in [5, 5.41) is 13.0. The van der Waals surface area contributed by atoms with E-state index >= 15 is 0 Å². The number of hydrogen-bond donors (Lipinski definition) is 1. The van der Waals surface area contributed by atoms with Crippen molar-refractivity contribution in [3.8, 4) is 11.5 Å². The van der Waals surface area contributed by atoms with Gasteiger partial charge in [0.1, 0.15) is 19.0 Å². The molecule has 0 bridgehead atoms. The van der Waals surface area contributed by atoms with Crippen LogP contribution in [0.4, 0.5) is 0 Å². The molecule has 2 aliphatic rings. The Balaban J connectivity index is 1.74. The van der Waals surface area contributed by atoms with Gasteiger partial charge >= 0.3 is 0 Å². The van der Waals surface area contributed by atoms with Gasteiger partial charge in [0, 0.05) is 17.0 Å². The van der Waals surface area contributed by atoms with Gasteiger partial charge in [0.15, 0.2) is 11.5 Å². The fraction of sp³-hybridized carbons (Fsp3) is 0.364. The van der Waals surface area contributed by atoms with E-state index in [4.69, 9.17) is 9.47 Å². The van der Waals surface area contributed by atoms with Gasteiger partial charge in [0.25, 0.3) is 11.7 Å². The summed E-state index contributed by atoms with van der Waals surface area (Å²) in [6.07, 6.45) is 0.728. The second kappa shape index (κ2) is 8.49. The first-order valence-electron chi connectivity index (χ1n) is 9.84. The molecule has 1 saturated heterocycles. The number of aliphatic hydroxyl groups is 1. The number of nitrogens with zero attached hydrogens (tertiary/aromatic N) is 2. The quantitative estimate of drug-likeness (QED) is 0.433. The number of amides is 1. The van der Waals surface area contributed by atoms with E-state index in [0.29, 0.717) is 36.8 Å². The molecule has 3 heterocycles. The molecular formula is C22H24N2O5S. The number of carbonyl (C=O) groups excluding carboxylic acids is 2. The number of benzene rings is 1. The van der Waals surface area contributed by atoms with Gasteiger partial charge in [0.05, 0.1) is 11.6 Å². The van der Waals surface area contributed by atoms with Gasteiger partial charge in [-0.3, -0.25) is 9.59 Å². The Morgan fingerprint density at radius 3 is 2.67 bits per heavy atom. The monoisotopic (exact) mass is 428 g/mol. The lowest BCUT2D eigenvalue weighted by Gasteiger charge is -2.25. The fourth-order valence-corrected chi connectivity index (χ4v) is 4.60. The number of hydrogen-bond acceptors (Lipinski definition) is 7. The summed E-state index contributed by atoms with van der Waals surface area (Å²) in [5.41, 5.74) is 0.538. The number of Topliss-reactive ketones (excluding diaryl/α,β-unsaturated/α-hetero) is 1. The molecule has 1 atom stereocenters. The fourth-order valence-electron chi connectivity index (χ4n) is 3.76. The number of thiophene rings is 1. The third kappa shape index (κ3) is 3.80. The molecule has 30 heavy (non-hydrogen) atoms. The van der Waals surface area contributed by atoms with Crippen molar-refractivity contribution in [1.82, 2.24) is 9.80 Å². The number of aliphatic hydroxyl groups excluding tert-OH is 1. The van der Waals surface area contributed by atoms with E-state index in [1.54, 1.807) is 23.1 Å². The van der Waals surface area contributed by atoms with Gasteiger partial charge in [0.2, 0.25) is 0 Å². The van der Waals surface area contributed by atoms with Crippen molar-refractivity contribution < 1.29 is 24.2 Å². The zero-order valence-corrected chi connectivity index (χ0v) is 17.8. The molecule has 0 spiro atoms. The molecule has 2 aliphatic heterocycles. The van der Waals surface area contributed by atoms with Gasteiger partial charge < -0.3 is 24.4 Å². The molecule has 1 fully saturated rings. The molecule has 1 N–H and O–H groups in total. The largest absolute Gasteiger partial charge is 0.507 e. The number of fused-ring (bicyclic) bond motifs is 1. The summed E-state index contributed by atoms with van der Waals surface area (Å²) in [4.78, 5) is 30.2. The van der Waals surface area contributed by atoms with Crippen LogP contribution in [0.2, 0.25) is 0 Å². The predicted octanol–water partition coefficient (Wildman–Crippen LogP) is 2.89. The highest BCUT2D eigenvalue weighted by Crippen LogP contribution is 2.42. The van der Waals surface area contributed by atoms with E-state index in [-0.39, 0.29) is 11.3 Å². The summed E-state index contributed by atoms with van der Waals surface area (Å²) in [6.45, 7) is 2.11. The lowest BCUT2D eigenvalue weighted by molar-refractivity contribution is -0.139. The number of carbonyl (C=O) groups is 2. The Labute approximate surface area is 179 Å². The zero-order valence-electron chi connectivity index (χ0n) is 17.0. The lowest BCUT2D eigenvalue weighted by Crippen LogP contribution is -2.32. The van der Waals surface area contributed by atoms with E-state index in [9.17, 15) is 14.7 Å². The van der Waals surface area contributed by atoms with E-state index in [1.807, 2.05) is 36.5 Å². The van der Waals surface area contributed by atoms with E-state index in [1.165, 1.54) is 11.3 Å². The van der Waals surface area contributed by atoms with Crippen LogP contribution >= 0.6 is 11.3 Å². The Hall–Kier alpha value is -2.84. The van der Waals surface area contributed by atoms with Crippen LogP contribution < -0.4 is 9.47 Å². The maximum Gasteiger partial charge on any atom is 0.295 e. The SMILES string of the molecule is CN(C)CCCN1C(=O)C(=O)/C(=C(/O)c2ccc3c(c2)OCCO3)[C@H]1c1cccs1. The minimum absolute atomic E-state index is 0.115. The van der Waals surface area contributed by atoms with Crippen molar-refractivity contribution in [3.05, 3.63) is 51.7 Å². The van der Waals surface area contributed by atoms with Crippen molar-refractivity contribution in [2.45, 2.75) is 12.5 Å². The zero-order chi connectivity index (χ0) is 21.3. The molecule has 4 rings (SSSR count). The van der Waals surface area contributed by atoms with Crippen LogP contribution in [0.25, 0.3) is 5.76 Å². The summed E-state index contributed by atoms with van der Waals surface area (Å²) in [5.74, 6) is -0.328. The van der Waals surface area contributed by atoms with Crippen molar-refractivity contribution in [1.29, 1.82) is 0 Å². The molecule has 2 aromatic rings.